The van der Waals surface area contributed by atoms with Gasteiger partial charge in [0.05, 0.1) is 16.9 Å². The Morgan fingerprint density at radius 2 is 2.26 bits per heavy atom. The number of hydrogen-bond donors (Lipinski definition) is 3. The average molecular weight is 264 g/mol. The summed E-state index contributed by atoms with van der Waals surface area (Å²) in [6, 6.07) is 4.98. The summed E-state index contributed by atoms with van der Waals surface area (Å²) in [5.41, 5.74) is 7.34. The van der Waals surface area contributed by atoms with E-state index < -0.39 is 5.97 Å². The average Bonchev–Trinajstić information content (AvgIpc) is 2.39. The summed E-state index contributed by atoms with van der Waals surface area (Å²) >= 11 is 0. The highest BCUT2D eigenvalue weighted by molar-refractivity contribution is 5.98. The van der Waals surface area contributed by atoms with E-state index >= 15 is 0 Å². The second-order valence-electron chi connectivity index (χ2n) is 5.02. The van der Waals surface area contributed by atoms with Gasteiger partial charge in [-0.05, 0) is 37.3 Å². The van der Waals surface area contributed by atoms with Crippen LogP contribution >= 0.6 is 0 Å². The van der Waals surface area contributed by atoms with Gasteiger partial charge in [0.25, 0.3) is 0 Å². The quantitative estimate of drug-likeness (QED) is 0.718. The molecule has 0 radical (unpaired) electrons. The zero-order valence-electron chi connectivity index (χ0n) is 10.9. The van der Waals surface area contributed by atoms with Crippen molar-refractivity contribution in [1.29, 1.82) is 0 Å². The molecule has 1 heterocycles. The van der Waals surface area contributed by atoms with E-state index in [1.807, 2.05) is 4.90 Å². The van der Waals surface area contributed by atoms with E-state index in [-0.39, 0.29) is 12.2 Å². The number of hydrogen-bond acceptors (Lipinski definition) is 4. The van der Waals surface area contributed by atoms with Crippen LogP contribution in [0.25, 0.3) is 0 Å². The summed E-state index contributed by atoms with van der Waals surface area (Å²) in [5, 5.41) is 18.3. The van der Waals surface area contributed by atoms with Crippen molar-refractivity contribution in [2.45, 2.75) is 19.3 Å². The van der Waals surface area contributed by atoms with Gasteiger partial charge in [-0.15, -0.1) is 0 Å². The van der Waals surface area contributed by atoms with Crippen LogP contribution in [0.4, 0.5) is 11.4 Å². The minimum absolute atomic E-state index is 0.175. The number of nitrogens with zero attached hydrogens (tertiary/aromatic N) is 1. The highest BCUT2D eigenvalue weighted by atomic mass is 16.4. The van der Waals surface area contributed by atoms with E-state index in [1.54, 1.807) is 18.2 Å². The zero-order chi connectivity index (χ0) is 13.8. The Kier molecular flexibility index (Phi) is 4.27. The second-order valence-corrected chi connectivity index (χ2v) is 5.02. The van der Waals surface area contributed by atoms with Crippen LogP contribution in [0.15, 0.2) is 18.2 Å². The summed E-state index contributed by atoms with van der Waals surface area (Å²) in [5.74, 6) is -0.549. The lowest BCUT2D eigenvalue weighted by Gasteiger charge is -2.35. The fraction of sp³-hybridized carbons (Fsp3) is 0.500. The van der Waals surface area contributed by atoms with Gasteiger partial charge >= 0.3 is 5.97 Å². The fourth-order valence-corrected chi connectivity index (χ4v) is 2.77. The number of nitrogens with two attached hydrogens (primary N) is 1. The Morgan fingerprint density at radius 3 is 2.95 bits per heavy atom. The molecule has 1 atom stereocenters. The van der Waals surface area contributed by atoms with E-state index in [2.05, 4.69) is 0 Å². The number of aromatic carboxylic acids is 1. The predicted molar refractivity (Wildman–Crippen MR) is 74.5 cm³/mol. The van der Waals surface area contributed by atoms with Crippen LogP contribution in [-0.4, -0.2) is 35.9 Å². The Balaban J connectivity index is 2.28. The Labute approximate surface area is 112 Å². The largest absolute Gasteiger partial charge is 0.478 e. The molecule has 104 valence electrons. The molecule has 0 spiro atoms. The Bertz CT molecular complexity index is 460. The molecular weight excluding hydrogens is 244 g/mol. The standard InChI is InChI=1S/C14H20N2O3/c15-12-5-1-4-11(14(18)19)13(12)16-7-2-3-10(9-16)6-8-17/h1,4-5,10,17H,2-3,6-9,15H2,(H,18,19). The first-order valence-electron chi connectivity index (χ1n) is 6.61. The number of rotatable bonds is 4. The van der Waals surface area contributed by atoms with Gasteiger partial charge in [-0.1, -0.05) is 6.07 Å². The number of benzene rings is 1. The maximum atomic E-state index is 11.3. The van der Waals surface area contributed by atoms with Crippen molar-refractivity contribution in [2.75, 3.05) is 30.3 Å². The van der Waals surface area contributed by atoms with Crippen LogP contribution in [0.2, 0.25) is 0 Å². The third kappa shape index (κ3) is 2.98. The van der Waals surface area contributed by atoms with Gasteiger partial charge in [-0.2, -0.15) is 0 Å². The van der Waals surface area contributed by atoms with Crippen LogP contribution in [-0.2, 0) is 0 Å². The lowest BCUT2D eigenvalue weighted by molar-refractivity contribution is 0.0697. The smallest absolute Gasteiger partial charge is 0.337 e. The summed E-state index contributed by atoms with van der Waals surface area (Å²) in [6.45, 7) is 1.75. The number of nitrogen functional groups attached to an aromatic ring is 1. The van der Waals surface area contributed by atoms with E-state index in [0.29, 0.717) is 17.3 Å². The first kappa shape index (κ1) is 13.7. The molecule has 5 heteroatoms. The first-order valence-corrected chi connectivity index (χ1v) is 6.61. The molecule has 1 fully saturated rings. The van der Waals surface area contributed by atoms with Crippen LogP contribution < -0.4 is 10.6 Å². The van der Waals surface area contributed by atoms with Crippen molar-refractivity contribution in [1.82, 2.24) is 0 Å². The molecular formula is C14H20N2O3. The van der Waals surface area contributed by atoms with E-state index in [1.165, 1.54) is 0 Å². The number of piperidine rings is 1. The first-order chi connectivity index (χ1) is 9.13. The van der Waals surface area contributed by atoms with Gasteiger partial charge in [0.1, 0.15) is 0 Å². The van der Waals surface area contributed by atoms with E-state index in [9.17, 15) is 9.90 Å². The van der Waals surface area contributed by atoms with Crippen LogP contribution in [0.5, 0.6) is 0 Å². The molecule has 1 aliphatic rings. The fourth-order valence-electron chi connectivity index (χ4n) is 2.77. The highest BCUT2D eigenvalue weighted by Gasteiger charge is 2.24. The van der Waals surface area contributed by atoms with E-state index in [4.69, 9.17) is 10.8 Å². The summed E-state index contributed by atoms with van der Waals surface area (Å²) < 4.78 is 0. The van der Waals surface area contributed by atoms with Gasteiger partial charge < -0.3 is 20.8 Å². The molecule has 1 saturated heterocycles. The van der Waals surface area contributed by atoms with Crippen LogP contribution in [0.1, 0.15) is 29.6 Å². The van der Waals surface area contributed by atoms with Crippen LogP contribution in [0.3, 0.4) is 0 Å². The maximum Gasteiger partial charge on any atom is 0.337 e. The summed E-state index contributed by atoms with van der Waals surface area (Å²) in [7, 11) is 0. The normalized spacial score (nSPS) is 19.4. The number of aliphatic hydroxyl groups is 1. The SMILES string of the molecule is Nc1cccc(C(=O)O)c1N1CCCC(CCO)C1. The molecule has 2 rings (SSSR count). The number of carboxylic acids is 1. The van der Waals surface area contributed by atoms with Crippen molar-refractivity contribution in [3.05, 3.63) is 23.8 Å². The minimum atomic E-state index is -0.952. The highest BCUT2D eigenvalue weighted by Crippen LogP contribution is 2.32. The second kappa shape index (κ2) is 5.93. The van der Waals surface area contributed by atoms with E-state index in [0.717, 1.165) is 32.4 Å². The zero-order valence-corrected chi connectivity index (χ0v) is 10.9. The molecule has 0 aliphatic carbocycles. The van der Waals surface area contributed by atoms with Gasteiger partial charge in [0.15, 0.2) is 0 Å². The third-order valence-electron chi connectivity index (χ3n) is 3.67. The maximum absolute atomic E-state index is 11.3. The number of carbonyl (C=O) groups is 1. The molecule has 4 N–H and O–H groups in total. The summed E-state index contributed by atoms with van der Waals surface area (Å²) in [4.78, 5) is 13.3. The van der Waals surface area contributed by atoms with Crippen molar-refractivity contribution in [3.8, 4) is 0 Å². The Morgan fingerprint density at radius 1 is 1.47 bits per heavy atom. The minimum Gasteiger partial charge on any atom is -0.478 e. The molecule has 1 aromatic carbocycles. The molecule has 1 unspecified atom stereocenters. The predicted octanol–water partition coefficient (Wildman–Crippen LogP) is 1.57. The Hall–Kier alpha value is -1.75. The number of aliphatic hydroxyl groups excluding tert-OH is 1. The number of para-hydroxylation sites is 1. The number of carboxylic acid groups (broad SMARTS) is 1. The van der Waals surface area contributed by atoms with Gasteiger partial charge in [-0.25, -0.2) is 4.79 Å². The molecule has 19 heavy (non-hydrogen) atoms. The van der Waals surface area contributed by atoms with Gasteiger partial charge in [0, 0.05) is 19.7 Å². The molecule has 1 aromatic rings. The topological polar surface area (TPSA) is 86.8 Å². The lowest BCUT2D eigenvalue weighted by atomic mass is 9.94. The van der Waals surface area contributed by atoms with Crippen LogP contribution in [0, 0.1) is 5.92 Å². The van der Waals surface area contributed by atoms with Gasteiger partial charge in [0.2, 0.25) is 0 Å². The number of anilines is 2. The molecule has 1 aliphatic heterocycles. The van der Waals surface area contributed by atoms with Crippen molar-refractivity contribution < 1.29 is 15.0 Å². The third-order valence-corrected chi connectivity index (χ3v) is 3.67. The van der Waals surface area contributed by atoms with Crippen molar-refractivity contribution in [3.63, 3.8) is 0 Å². The van der Waals surface area contributed by atoms with Gasteiger partial charge in [-0.3, -0.25) is 0 Å². The monoisotopic (exact) mass is 264 g/mol. The molecule has 5 nitrogen and oxygen atoms in total. The molecule has 0 saturated carbocycles. The molecule has 0 aromatic heterocycles. The summed E-state index contributed by atoms with van der Waals surface area (Å²) in [6.07, 6.45) is 2.83. The molecule has 0 amide bonds. The van der Waals surface area contributed by atoms with Crippen molar-refractivity contribution >= 4 is 17.3 Å². The van der Waals surface area contributed by atoms with Crippen molar-refractivity contribution in [2.24, 2.45) is 5.92 Å². The lowest BCUT2D eigenvalue weighted by Crippen LogP contribution is -2.37. The molecule has 0 bridgehead atoms.